The van der Waals surface area contributed by atoms with Crippen LogP contribution >= 0.6 is 0 Å². The summed E-state index contributed by atoms with van der Waals surface area (Å²) in [6.45, 7) is 5.95. The molecule has 0 aromatic rings. The first-order valence-corrected chi connectivity index (χ1v) is 10.8. The fourth-order valence-corrected chi connectivity index (χ4v) is 3.76. The molecule has 0 bridgehead atoms. The number of allylic oxidation sites excluding steroid dienone is 1. The number of ether oxygens (including phenoxy) is 1. The second-order valence-corrected chi connectivity index (χ2v) is 7.76. The monoisotopic (exact) mass is 354 g/mol. The van der Waals surface area contributed by atoms with Crippen LogP contribution in [0.4, 0.5) is 0 Å². The molecule has 0 radical (unpaired) electrons. The van der Waals surface area contributed by atoms with Crippen LogP contribution in [0.15, 0.2) is 12.7 Å². The Labute approximate surface area is 155 Å². The molecule has 25 heavy (non-hydrogen) atoms. The topological polar surface area (TPSA) is 49.7 Å². The molecule has 1 unspecified atom stereocenters. The Hall–Kier alpha value is -0.380. The van der Waals surface area contributed by atoms with Crippen LogP contribution in [0.3, 0.4) is 0 Å². The van der Waals surface area contributed by atoms with E-state index in [1.165, 1.54) is 57.8 Å². The number of aliphatic hydroxyl groups excluding tert-OH is 2. The largest absolute Gasteiger partial charge is 0.390 e. The summed E-state index contributed by atoms with van der Waals surface area (Å²) < 4.78 is 5.89. The molecule has 1 aliphatic heterocycles. The van der Waals surface area contributed by atoms with Crippen molar-refractivity contribution in [2.45, 2.75) is 128 Å². The van der Waals surface area contributed by atoms with Gasteiger partial charge in [0.05, 0.1) is 24.4 Å². The van der Waals surface area contributed by atoms with Gasteiger partial charge in [-0.2, -0.15) is 0 Å². The molecule has 4 atom stereocenters. The maximum absolute atomic E-state index is 10.3. The quantitative estimate of drug-likeness (QED) is 0.283. The molecule has 0 spiro atoms. The van der Waals surface area contributed by atoms with Crippen molar-refractivity contribution in [1.29, 1.82) is 0 Å². The molecule has 1 rings (SSSR count). The molecule has 0 aliphatic carbocycles. The van der Waals surface area contributed by atoms with Crippen molar-refractivity contribution >= 4 is 0 Å². The van der Waals surface area contributed by atoms with Gasteiger partial charge in [0.25, 0.3) is 0 Å². The van der Waals surface area contributed by atoms with Gasteiger partial charge in [-0.15, -0.1) is 6.58 Å². The van der Waals surface area contributed by atoms with E-state index in [0.717, 1.165) is 32.1 Å². The Bertz CT molecular complexity index is 318. The van der Waals surface area contributed by atoms with Crippen LogP contribution in [0, 0.1) is 0 Å². The lowest BCUT2D eigenvalue weighted by atomic mass is 10.0. The molecule has 1 saturated heterocycles. The lowest BCUT2D eigenvalue weighted by Gasteiger charge is -2.22. The lowest BCUT2D eigenvalue weighted by Crippen LogP contribution is -2.30. The van der Waals surface area contributed by atoms with Crippen molar-refractivity contribution < 1.29 is 14.9 Å². The first-order valence-electron chi connectivity index (χ1n) is 10.8. The first-order chi connectivity index (χ1) is 12.2. The number of aliphatic hydroxyl groups is 2. The van der Waals surface area contributed by atoms with E-state index in [9.17, 15) is 10.2 Å². The van der Waals surface area contributed by atoms with Gasteiger partial charge in [0.2, 0.25) is 0 Å². The number of hydrogen-bond acceptors (Lipinski definition) is 3. The summed E-state index contributed by atoms with van der Waals surface area (Å²) >= 11 is 0. The van der Waals surface area contributed by atoms with Crippen molar-refractivity contribution in [3.05, 3.63) is 12.7 Å². The molecule has 0 amide bonds. The van der Waals surface area contributed by atoms with Crippen LogP contribution in [-0.2, 0) is 4.74 Å². The predicted octanol–water partition coefficient (Wildman–Crippen LogP) is 5.53. The van der Waals surface area contributed by atoms with Crippen LogP contribution in [-0.4, -0.2) is 34.6 Å². The average molecular weight is 355 g/mol. The normalized spacial score (nSPS) is 22.8. The van der Waals surface area contributed by atoms with Crippen LogP contribution in [0.1, 0.15) is 103 Å². The Morgan fingerprint density at radius 1 is 0.840 bits per heavy atom. The van der Waals surface area contributed by atoms with E-state index in [1.807, 2.05) is 6.08 Å². The molecule has 1 heterocycles. The molecule has 0 aromatic carbocycles. The second-order valence-electron chi connectivity index (χ2n) is 7.76. The van der Waals surface area contributed by atoms with E-state index >= 15 is 0 Å². The van der Waals surface area contributed by atoms with E-state index < -0.39 is 6.10 Å². The van der Waals surface area contributed by atoms with Crippen molar-refractivity contribution in [1.82, 2.24) is 0 Å². The van der Waals surface area contributed by atoms with Crippen LogP contribution in [0.2, 0.25) is 0 Å². The van der Waals surface area contributed by atoms with Crippen molar-refractivity contribution in [3.8, 4) is 0 Å². The van der Waals surface area contributed by atoms with E-state index in [0.29, 0.717) is 6.42 Å². The third kappa shape index (κ3) is 10.4. The minimum atomic E-state index is -0.424. The first kappa shape index (κ1) is 22.7. The standard InChI is InChI=1S/C22H42O3/c1-3-5-7-8-9-10-11-12-13-14-16-20(24)22-18-17-21(25-22)19(23)15-6-4-2/h4,19-24H,2-3,5-18H2,1H3/t19-,20+,21+,22?/m0/s1. The van der Waals surface area contributed by atoms with Gasteiger partial charge in [-0.3, -0.25) is 0 Å². The Morgan fingerprint density at radius 2 is 1.32 bits per heavy atom. The molecule has 2 N–H and O–H groups in total. The minimum Gasteiger partial charge on any atom is -0.390 e. The summed E-state index contributed by atoms with van der Waals surface area (Å²) in [6.07, 6.45) is 18.1. The molecular weight excluding hydrogens is 312 g/mol. The third-order valence-electron chi connectivity index (χ3n) is 5.46. The second kappa shape index (κ2) is 14.8. The highest BCUT2D eigenvalue weighted by atomic mass is 16.5. The molecule has 3 heteroatoms. The van der Waals surface area contributed by atoms with Gasteiger partial charge >= 0.3 is 0 Å². The maximum Gasteiger partial charge on any atom is 0.0840 e. The Kier molecular flexibility index (Phi) is 13.4. The summed E-state index contributed by atoms with van der Waals surface area (Å²) in [7, 11) is 0. The van der Waals surface area contributed by atoms with Crippen LogP contribution in [0.5, 0.6) is 0 Å². The lowest BCUT2D eigenvalue weighted by molar-refractivity contribution is -0.0779. The number of unbranched alkanes of at least 4 members (excludes halogenated alkanes) is 9. The van der Waals surface area contributed by atoms with Gasteiger partial charge in [0.1, 0.15) is 0 Å². The van der Waals surface area contributed by atoms with E-state index in [1.54, 1.807) is 0 Å². The summed E-state index contributed by atoms with van der Waals surface area (Å²) in [5.74, 6) is 0. The van der Waals surface area contributed by atoms with Gasteiger partial charge in [-0.25, -0.2) is 0 Å². The fraction of sp³-hybridized carbons (Fsp3) is 0.909. The fourth-order valence-electron chi connectivity index (χ4n) is 3.76. The molecule has 148 valence electrons. The third-order valence-corrected chi connectivity index (χ3v) is 5.46. The smallest absolute Gasteiger partial charge is 0.0840 e. The highest BCUT2D eigenvalue weighted by Crippen LogP contribution is 2.28. The highest BCUT2D eigenvalue weighted by molar-refractivity contribution is 4.84. The predicted molar refractivity (Wildman–Crippen MR) is 106 cm³/mol. The molecule has 0 saturated carbocycles. The van der Waals surface area contributed by atoms with E-state index in [2.05, 4.69) is 13.5 Å². The molecule has 1 aliphatic rings. The van der Waals surface area contributed by atoms with Crippen LogP contribution < -0.4 is 0 Å². The van der Waals surface area contributed by atoms with Crippen molar-refractivity contribution in [3.63, 3.8) is 0 Å². The molecule has 0 aromatic heterocycles. The zero-order chi connectivity index (χ0) is 18.3. The zero-order valence-electron chi connectivity index (χ0n) is 16.5. The molecular formula is C22H42O3. The molecule has 3 nitrogen and oxygen atoms in total. The summed E-state index contributed by atoms with van der Waals surface area (Å²) in [4.78, 5) is 0. The van der Waals surface area contributed by atoms with Gasteiger partial charge in [-0.05, 0) is 32.1 Å². The maximum atomic E-state index is 10.3. The van der Waals surface area contributed by atoms with Crippen LogP contribution in [0.25, 0.3) is 0 Å². The van der Waals surface area contributed by atoms with Gasteiger partial charge in [0, 0.05) is 0 Å². The number of hydrogen-bond donors (Lipinski definition) is 2. The van der Waals surface area contributed by atoms with Crippen molar-refractivity contribution in [2.75, 3.05) is 0 Å². The van der Waals surface area contributed by atoms with Gasteiger partial charge < -0.3 is 14.9 Å². The van der Waals surface area contributed by atoms with Gasteiger partial charge in [-0.1, -0.05) is 77.2 Å². The summed E-state index contributed by atoms with van der Waals surface area (Å²) in [6, 6.07) is 0. The average Bonchev–Trinajstić information content (AvgIpc) is 3.11. The molecule has 1 fully saturated rings. The minimum absolute atomic E-state index is 0.0815. The van der Waals surface area contributed by atoms with Crippen molar-refractivity contribution in [2.24, 2.45) is 0 Å². The SMILES string of the molecule is C=CCC[C@H](O)[C@H]1CCC([C@H](O)CCCCCCCCCCCC)O1. The Morgan fingerprint density at radius 3 is 1.84 bits per heavy atom. The van der Waals surface area contributed by atoms with Gasteiger partial charge in [0.15, 0.2) is 0 Å². The zero-order valence-corrected chi connectivity index (χ0v) is 16.5. The Balaban J connectivity index is 1.98. The van der Waals surface area contributed by atoms with E-state index in [4.69, 9.17) is 4.74 Å². The number of rotatable bonds is 16. The summed E-state index contributed by atoms with van der Waals surface area (Å²) in [5, 5.41) is 20.4. The van der Waals surface area contributed by atoms with E-state index in [-0.39, 0.29) is 18.3 Å². The highest BCUT2D eigenvalue weighted by Gasteiger charge is 2.33. The summed E-state index contributed by atoms with van der Waals surface area (Å²) in [5.41, 5.74) is 0.